The van der Waals surface area contributed by atoms with Crippen LogP contribution < -0.4 is 5.73 Å². The topological polar surface area (TPSA) is 60.9 Å². The first kappa shape index (κ1) is 12.6. The van der Waals surface area contributed by atoms with E-state index in [0.29, 0.717) is 22.7 Å². The van der Waals surface area contributed by atoms with Crippen LogP contribution in [0.15, 0.2) is 24.3 Å². The zero-order valence-corrected chi connectivity index (χ0v) is 11.0. The number of hydrogen-bond donors (Lipinski definition) is 1. The molecule has 2 N–H and O–H groups in total. The summed E-state index contributed by atoms with van der Waals surface area (Å²) >= 11 is 5.90. The van der Waals surface area contributed by atoms with Gasteiger partial charge in [-0.05, 0) is 31.2 Å². The third-order valence-corrected chi connectivity index (χ3v) is 3.09. The van der Waals surface area contributed by atoms with Crippen LogP contribution in [0.4, 0.5) is 5.69 Å². The van der Waals surface area contributed by atoms with Crippen molar-refractivity contribution < 1.29 is 4.79 Å². The van der Waals surface area contributed by atoms with Crippen LogP contribution in [0.25, 0.3) is 0 Å². The van der Waals surface area contributed by atoms with E-state index in [1.807, 2.05) is 20.0 Å². The lowest BCUT2D eigenvalue weighted by Crippen LogP contribution is -2.08. The van der Waals surface area contributed by atoms with Gasteiger partial charge >= 0.3 is 0 Å². The molecular weight excluding hydrogens is 250 g/mol. The smallest absolute Gasteiger partial charge is 0.168 e. The number of rotatable bonds is 3. The highest BCUT2D eigenvalue weighted by molar-refractivity contribution is 6.33. The third kappa shape index (κ3) is 2.54. The minimum absolute atomic E-state index is 0.0000926. The Morgan fingerprint density at radius 3 is 2.72 bits per heavy atom. The summed E-state index contributed by atoms with van der Waals surface area (Å²) in [6.07, 6.45) is 0.303. The molecule has 0 bridgehead atoms. The zero-order chi connectivity index (χ0) is 13.3. The number of aryl methyl sites for hydroxylation is 2. The molecule has 0 saturated carbocycles. The van der Waals surface area contributed by atoms with Gasteiger partial charge in [0.25, 0.3) is 0 Å². The molecule has 4 nitrogen and oxygen atoms in total. The number of anilines is 1. The van der Waals surface area contributed by atoms with Crippen LogP contribution in [-0.2, 0) is 13.5 Å². The fourth-order valence-electron chi connectivity index (χ4n) is 1.80. The molecule has 0 atom stereocenters. The van der Waals surface area contributed by atoms with Crippen molar-refractivity contribution in [1.29, 1.82) is 0 Å². The van der Waals surface area contributed by atoms with Crippen molar-refractivity contribution in [1.82, 2.24) is 9.78 Å². The average molecular weight is 264 g/mol. The molecule has 0 aliphatic rings. The number of hydrogen-bond acceptors (Lipinski definition) is 3. The maximum Gasteiger partial charge on any atom is 0.168 e. The van der Waals surface area contributed by atoms with Gasteiger partial charge in [-0.3, -0.25) is 9.48 Å². The highest BCUT2D eigenvalue weighted by Gasteiger charge is 2.11. The first-order valence-corrected chi connectivity index (χ1v) is 5.93. The summed E-state index contributed by atoms with van der Waals surface area (Å²) in [5.41, 5.74) is 8.43. The first-order valence-electron chi connectivity index (χ1n) is 5.55. The van der Waals surface area contributed by atoms with Crippen LogP contribution in [0.3, 0.4) is 0 Å². The summed E-state index contributed by atoms with van der Waals surface area (Å²) in [6, 6.07) is 6.83. The summed E-state index contributed by atoms with van der Waals surface area (Å²) in [7, 11) is 1.82. The summed E-state index contributed by atoms with van der Waals surface area (Å²) in [5, 5.41) is 4.61. The number of benzene rings is 1. The number of aromatic nitrogens is 2. The van der Waals surface area contributed by atoms with Gasteiger partial charge < -0.3 is 5.73 Å². The lowest BCUT2D eigenvalue weighted by atomic mass is 10.1. The highest BCUT2D eigenvalue weighted by atomic mass is 35.5. The maximum absolute atomic E-state index is 12.1. The number of Topliss-reactive ketones (excluding diaryl/α,β-unsaturated/α-hetero) is 1. The van der Waals surface area contributed by atoms with Gasteiger partial charge in [0.15, 0.2) is 5.78 Å². The predicted molar refractivity (Wildman–Crippen MR) is 71.8 cm³/mol. The fraction of sp³-hybridized carbons (Fsp3) is 0.231. The number of carbonyl (C=O) groups is 1. The molecule has 94 valence electrons. The molecular formula is C13H14ClN3O. The van der Waals surface area contributed by atoms with Gasteiger partial charge in [0.1, 0.15) is 0 Å². The lowest BCUT2D eigenvalue weighted by Gasteiger charge is -2.04. The van der Waals surface area contributed by atoms with Crippen molar-refractivity contribution in [3.8, 4) is 0 Å². The summed E-state index contributed by atoms with van der Waals surface area (Å²) in [5.74, 6) is -0.0000926. The van der Waals surface area contributed by atoms with Gasteiger partial charge in [-0.25, -0.2) is 0 Å². The molecule has 5 heteroatoms. The number of ketones is 1. The van der Waals surface area contributed by atoms with Crippen molar-refractivity contribution in [2.75, 3.05) is 5.73 Å². The SMILES string of the molecule is Cc1cc(CC(=O)c2ccc(N)c(Cl)c2)n(C)n1. The molecule has 0 aliphatic carbocycles. The molecule has 0 saturated heterocycles. The highest BCUT2D eigenvalue weighted by Crippen LogP contribution is 2.20. The van der Waals surface area contributed by atoms with E-state index < -0.39 is 0 Å². The molecule has 1 aromatic carbocycles. The van der Waals surface area contributed by atoms with Crippen molar-refractivity contribution in [2.24, 2.45) is 7.05 Å². The van der Waals surface area contributed by atoms with Gasteiger partial charge in [0.2, 0.25) is 0 Å². The second kappa shape index (κ2) is 4.82. The molecule has 0 radical (unpaired) electrons. The van der Waals surface area contributed by atoms with Gasteiger partial charge in [-0.15, -0.1) is 0 Å². The van der Waals surface area contributed by atoms with Crippen LogP contribution in [0, 0.1) is 6.92 Å². The number of nitrogens with zero attached hydrogens (tertiary/aromatic N) is 2. The van der Waals surface area contributed by atoms with E-state index in [0.717, 1.165) is 11.4 Å². The summed E-state index contributed by atoms with van der Waals surface area (Å²) in [4.78, 5) is 12.1. The Morgan fingerprint density at radius 2 is 2.17 bits per heavy atom. The second-order valence-corrected chi connectivity index (χ2v) is 4.64. The normalized spacial score (nSPS) is 10.6. The number of carbonyl (C=O) groups excluding carboxylic acids is 1. The molecule has 0 fully saturated rings. The average Bonchev–Trinajstić information content (AvgIpc) is 2.61. The molecule has 1 aromatic heterocycles. The lowest BCUT2D eigenvalue weighted by molar-refractivity contribution is 0.0991. The Bertz CT molecular complexity index is 604. The molecule has 1 heterocycles. The van der Waals surface area contributed by atoms with E-state index in [1.54, 1.807) is 22.9 Å². The Morgan fingerprint density at radius 1 is 1.44 bits per heavy atom. The van der Waals surface area contributed by atoms with Crippen molar-refractivity contribution in [3.63, 3.8) is 0 Å². The Balaban J connectivity index is 2.22. The first-order chi connectivity index (χ1) is 8.47. The van der Waals surface area contributed by atoms with E-state index in [4.69, 9.17) is 17.3 Å². The standard InChI is InChI=1S/C13H14ClN3O/c1-8-5-10(17(2)16-8)7-13(18)9-3-4-12(15)11(14)6-9/h3-6H,7,15H2,1-2H3. The van der Waals surface area contributed by atoms with Crippen LogP contribution in [0.1, 0.15) is 21.7 Å². The zero-order valence-electron chi connectivity index (χ0n) is 10.3. The molecule has 0 spiro atoms. The van der Waals surface area contributed by atoms with E-state index in [-0.39, 0.29) is 5.78 Å². The van der Waals surface area contributed by atoms with Crippen molar-refractivity contribution in [2.45, 2.75) is 13.3 Å². The van der Waals surface area contributed by atoms with Crippen LogP contribution in [0.2, 0.25) is 5.02 Å². The van der Waals surface area contributed by atoms with E-state index in [2.05, 4.69) is 5.10 Å². The largest absolute Gasteiger partial charge is 0.398 e. The number of halogens is 1. The molecule has 0 unspecified atom stereocenters. The third-order valence-electron chi connectivity index (χ3n) is 2.76. The molecule has 0 amide bonds. The van der Waals surface area contributed by atoms with Crippen LogP contribution in [0.5, 0.6) is 0 Å². The molecule has 0 aliphatic heterocycles. The summed E-state index contributed by atoms with van der Waals surface area (Å²) < 4.78 is 1.71. The molecule has 18 heavy (non-hydrogen) atoms. The Kier molecular flexibility index (Phi) is 3.39. The predicted octanol–water partition coefficient (Wildman–Crippen LogP) is 2.39. The van der Waals surface area contributed by atoms with Gasteiger partial charge in [0, 0.05) is 18.3 Å². The monoisotopic (exact) mass is 263 g/mol. The number of nitrogens with two attached hydrogens (primary N) is 1. The van der Waals surface area contributed by atoms with E-state index >= 15 is 0 Å². The van der Waals surface area contributed by atoms with Gasteiger partial charge in [-0.1, -0.05) is 11.6 Å². The molecule has 2 rings (SSSR count). The minimum Gasteiger partial charge on any atom is -0.398 e. The minimum atomic E-state index is -0.0000926. The quantitative estimate of drug-likeness (QED) is 0.683. The van der Waals surface area contributed by atoms with Gasteiger partial charge in [0.05, 0.1) is 22.8 Å². The molecule has 2 aromatic rings. The Labute approximate surface area is 110 Å². The summed E-state index contributed by atoms with van der Waals surface area (Å²) in [6.45, 7) is 1.90. The van der Waals surface area contributed by atoms with Crippen molar-refractivity contribution in [3.05, 3.63) is 46.2 Å². The van der Waals surface area contributed by atoms with Crippen molar-refractivity contribution >= 4 is 23.1 Å². The Hall–Kier alpha value is -1.81. The van der Waals surface area contributed by atoms with E-state index in [9.17, 15) is 4.79 Å². The fourth-order valence-corrected chi connectivity index (χ4v) is 1.98. The van der Waals surface area contributed by atoms with Crippen LogP contribution in [-0.4, -0.2) is 15.6 Å². The van der Waals surface area contributed by atoms with E-state index in [1.165, 1.54) is 0 Å². The maximum atomic E-state index is 12.1. The number of nitrogen functional groups attached to an aromatic ring is 1. The van der Waals surface area contributed by atoms with Crippen LogP contribution >= 0.6 is 11.6 Å². The second-order valence-electron chi connectivity index (χ2n) is 4.24. The van der Waals surface area contributed by atoms with Gasteiger partial charge in [-0.2, -0.15) is 5.10 Å².